The number of benzene rings is 1. The molecule has 1 fully saturated rings. The highest BCUT2D eigenvalue weighted by Gasteiger charge is 2.25. The number of rotatable bonds is 6. The molecule has 0 aromatic heterocycles. The number of para-hydroxylation sites is 1. The van der Waals surface area contributed by atoms with Gasteiger partial charge in [-0.2, -0.15) is 0 Å². The highest BCUT2D eigenvalue weighted by atomic mass is 16.2. The summed E-state index contributed by atoms with van der Waals surface area (Å²) in [5.41, 5.74) is 6.87. The Balaban J connectivity index is 2.05. The van der Waals surface area contributed by atoms with Gasteiger partial charge in [-0.15, -0.1) is 0 Å². The van der Waals surface area contributed by atoms with Crippen molar-refractivity contribution in [3.8, 4) is 0 Å². The highest BCUT2D eigenvalue weighted by molar-refractivity contribution is 6.04. The maximum atomic E-state index is 12.2. The standard InChI is InChI=1S/C16H23N3O2/c1-10(2)9-13(17)16(21)19-14-6-4-3-5-12(14)15(20)18-11-7-8-11/h3-6,10-11,13H,7-9,17H2,1-2H3,(H,18,20)(H,19,21). The van der Waals surface area contributed by atoms with Crippen LogP contribution in [0.15, 0.2) is 24.3 Å². The first-order valence-electron chi connectivity index (χ1n) is 7.43. The third-order valence-electron chi connectivity index (χ3n) is 3.40. The number of hydrogen-bond donors (Lipinski definition) is 3. The number of anilines is 1. The van der Waals surface area contributed by atoms with Gasteiger partial charge in [-0.25, -0.2) is 0 Å². The topological polar surface area (TPSA) is 84.2 Å². The zero-order chi connectivity index (χ0) is 15.4. The Labute approximate surface area is 125 Å². The average Bonchev–Trinajstić information content (AvgIpc) is 3.22. The van der Waals surface area contributed by atoms with E-state index in [4.69, 9.17) is 5.73 Å². The second-order valence-electron chi connectivity index (χ2n) is 6.02. The maximum absolute atomic E-state index is 12.2. The van der Waals surface area contributed by atoms with Crippen LogP contribution >= 0.6 is 0 Å². The Morgan fingerprint density at radius 1 is 1.29 bits per heavy atom. The van der Waals surface area contributed by atoms with E-state index in [1.165, 1.54) is 0 Å². The fourth-order valence-electron chi connectivity index (χ4n) is 2.12. The van der Waals surface area contributed by atoms with Crippen molar-refractivity contribution in [2.24, 2.45) is 11.7 Å². The van der Waals surface area contributed by atoms with Crippen LogP contribution in [-0.4, -0.2) is 23.9 Å². The highest BCUT2D eigenvalue weighted by Crippen LogP contribution is 2.21. The molecule has 0 aliphatic heterocycles. The predicted octanol–water partition coefficient (Wildman–Crippen LogP) is 1.89. The molecule has 1 atom stereocenters. The first-order chi connectivity index (χ1) is 9.97. The minimum Gasteiger partial charge on any atom is -0.349 e. The molecule has 1 saturated carbocycles. The van der Waals surface area contributed by atoms with Gasteiger partial charge < -0.3 is 16.4 Å². The molecule has 114 valence electrons. The molecule has 1 aliphatic rings. The molecule has 1 aromatic rings. The van der Waals surface area contributed by atoms with Crippen LogP contribution in [0.1, 0.15) is 43.5 Å². The fraction of sp³-hybridized carbons (Fsp3) is 0.500. The molecule has 5 nitrogen and oxygen atoms in total. The van der Waals surface area contributed by atoms with Gasteiger partial charge in [-0.3, -0.25) is 9.59 Å². The molecule has 5 heteroatoms. The van der Waals surface area contributed by atoms with Crippen molar-refractivity contribution < 1.29 is 9.59 Å². The van der Waals surface area contributed by atoms with Crippen LogP contribution in [-0.2, 0) is 4.79 Å². The van der Waals surface area contributed by atoms with Crippen molar-refractivity contribution in [1.29, 1.82) is 0 Å². The Morgan fingerprint density at radius 3 is 2.57 bits per heavy atom. The molecule has 0 spiro atoms. The largest absolute Gasteiger partial charge is 0.349 e. The van der Waals surface area contributed by atoms with Crippen molar-refractivity contribution in [2.45, 2.75) is 45.2 Å². The van der Waals surface area contributed by atoms with Crippen LogP contribution in [0.5, 0.6) is 0 Å². The molecule has 2 amide bonds. The summed E-state index contributed by atoms with van der Waals surface area (Å²) in [6.07, 6.45) is 2.67. The van der Waals surface area contributed by atoms with Crippen LogP contribution in [0, 0.1) is 5.92 Å². The van der Waals surface area contributed by atoms with E-state index >= 15 is 0 Å². The molecule has 1 aromatic carbocycles. The van der Waals surface area contributed by atoms with Gasteiger partial charge in [0.05, 0.1) is 17.3 Å². The van der Waals surface area contributed by atoms with E-state index in [0.29, 0.717) is 23.6 Å². The lowest BCUT2D eigenvalue weighted by molar-refractivity contribution is -0.117. The van der Waals surface area contributed by atoms with Gasteiger partial charge in [0.15, 0.2) is 0 Å². The fourth-order valence-corrected chi connectivity index (χ4v) is 2.12. The van der Waals surface area contributed by atoms with Crippen LogP contribution in [0.25, 0.3) is 0 Å². The second-order valence-corrected chi connectivity index (χ2v) is 6.02. The van der Waals surface area contributed by atoms with Crippen molar-refractivity contribution in [1.82, 2.24) is 5.32 Å². The van der Waals surface area contributed by atoms with E-state index in [1.807, 2.05) is 13.8 Å². The van der Waals surface area contributed by atoms with E-state index in [1.54, 1.807) is 24.3 Å². The van der Waals surface area contributed by atoms with E-state index in [0.717, 1.165) is 12.8 Å². The third-order valence-corrected chi connectivity index (χ3v) is 3.40. The maximum Gasteiger partial charge on any atom is 0.253 e. The van der Waals surface area contributed by atoms with E-state index in [-0.39, 0.29) is 17.9 Å². The molecule has 1 aliphatic carbocycles. The van der Waals surface area contributed by atoms with Gasteiger partial charge in [-0.1, -0.05) is 26.0 Å². The molecule has 0 saturated heterocycles. The zero-order valence-electron chi connectivity index (χ0n) is 12.6. The number of nitrogens with two attached hydrogens (primary N) is 1. The Bertz CT molecular complexity index is 524. The van der Waals surface area contributed by atoms with Gasteiger partial charge in [0.25, 0.3) is 5.91 Å². The summed E-state index contributed by atoms with van der Waals surface area (Å²) in [6.45, 7) is 4.04. The number of amides is 2. The zero-order valence-corrected chi connectivity index (χ0v) is 12.6. The van der Waals surface area contributed by atoms with Crippen LogP contribution in [0.2, 0.25) is 0 Å². The monoisotopic (exact) mass is 289 g/mol. The molecular weight excluding hydrogens is 266 g/mol. The van der Waals surface area contributed by atoms with E-state index < -0.39 is 6.04 Å². The first kappa shape index (κ1) is 15.5. The normalized spacial score (nSPS) is 15.6. The summed E-state index contributed by atoms with van der Waals surface area (Å²) in [6, 6.07) is 6.72. The second kappa shape index (κ2) is 6.72. The van der Waals surface area contributed by atoms with Crippen LogP contribution in [0.4, 0.5) is 5.69 Å². The van der Waals surface area contributed by atoms with Crippen LogP contribution < -0.4 is 16.4 Å². The van der Waals surface area contributed by atoms with Crippen molar-refractivity contribution >= 4 is 17.5 Å². The van der Waals surface area contributed by atoms with Gasteiger partial charge in [0.1, 0.15) is 0 Å². The van der Waals surface area contributed by atoms with E-state index in [2.05, 4.69) is 10.6 Å². The van der Waals surface area contributed by atoms with Crippen molar-refractivity contribution in [2.75, 3.05) is 5.32 Å². The lowest BCUT2D eigenvalue weighted by atomic mass is 10.0. The smallest absolute Gasteiger partial charge is 0.253 e. The summed E-state index contributed by atoms with van der Waals surface area (Å²) in [4.78, 5) is 24.2. The Kier molecular flexibility index (Phi) is 4.96. The molecule has 4 N–H and O–H groups in total. The summed E-state index contributed by atoms with van der Waals surface area (Å²) >= 11 is 0. The van der Waals surface area contributed by atoms with E-state index in [9.17, 15) is 9.59 Å². The SMILES string of the molecule is CC(C)CC(N)C(=O)Nc1ccccc1C(=O)NC1CC1. The summed E-state index contributed by atoms with van der Waals surface area (Å²) in [7, 11) is 0. The average molecular weight is 289 g/mol. The Morgan fingerprint density at radius 2 is 1.95 bits per heavy atom. The van der Waals surface area contributed by atoms with Crippen LogP contribution in [0.3, 0.4) is 0 Å². The number of carbonyl (C=O) groups excluding carboxylic acids is 2. The van der Waals surface area contributed by atoms with Gasteiger partial charge in [0, 0.05) is 6.04 Å². The summed E-state index contributed by atoms with van der Waals surface area (Å²) in [5.74, 6) is -0.0552. The van der Waals surface area contributed by atoms with Gasteiger partial charge >= 0.3 is 0 Å². The molecule has 21 heavy (non-hydrogen) atoms. The number of nitrogens with one attached hydrogen (secondary N) is 2. The molecule has 0 bridgehead atoms. The van der Waals surface area contributed by atoms with Crippen molar-refractivity contribution in [3.63, 3.8) is 0 Å². The number of hydrogen-bond acceptors (Lipinski definition) is 3. The minimum absolute atomic E-state index is 0.147. The summed E-state index contributed by atoms with van der Waals surface area (Å²) < 4.78 is 0. The molecule has 2 rings (SSSR count). The predicted molar refractivity (Wildman–Crippen MR) is 83.0 cm³/mol. The molecule has 1 unspecified atom stereocenters. The molecular formula is C16H23N3O2. The third kappa shape index (κ3) is 4.56. The van der Waals surface area contributed by atoms with Gasteiger partial charge in [-0.05, 0) is 37.3 Å². The lowest BCUT2D eigenvalue weighted by Gasteiger charge is -2.16. The van der Waals surface area contributed by atoms with Gasteiger partial charge in [0.2, 0.25) is 5.91 Å². The quantitative estimate of drug-likeness (QED) is 0.747. The number of carbonyl (C=O) groups is 2. The first-order valence-corrected chi connectivity index (χ1v) is 7.43. The minimum atomic E-state index is -0.565. The molecule has 0 heterocycles. The Hall–Kier alpha value is -1.88. The summed E-state index contributed by atoms with van der Waals surface area (Å²) in [5, 5.41) is 5.69. The molecule has 0 radical (unpaired) electrons. The lowest BCUT2D eigenvalue weighted by Crippen LogP contribution is -2.37. The van der Waals surface area contributed by atoms with Crippen molar-refractivity contribution in [3.05, 3.63) is 29.8 Å².